The average Bonchev–Trinajstić information content (AvgIpc) is 2.49. The lowest BCUT2D eigenvalue weighted by Gasteiger charge is -2.36. The average molecular weight is 349 g/mol. The summed E-state index contributed by atoms with van der Waals surface area (Å²) in [5, 5.41) is 13.3. The molecule has 22 heavy (non-hydrogen) atoms. The summed E-state index contributed by atoms with van der Waals surface area (Å²) in [6, 6.07) is 5.43. The third-order valence-corrected chi connectivity index (χ3v) is 3.57. The van der Waals surface area contributed by atoms with Gasteiger partial charge in [-0.25, -0.2) is 0 Å². The number of carbonyl (C=O) groups is 1. The Morgan fingerprint density at radius 1 is 1.41 bits per heavy atom. The number of ether oxygens (including phenoxy) is 2. The number of rotatable bonds is 4. The van der Waals surface area contributed by atoms with Crippen LogP contribution in [0.3, 0.4) is 0 Å². The van der Waals surface area contributed by atoms with Crippen LogP contribution < -0.4 is 5.32 Å². The monoisotopic (exact) mass is 348 g/mol. The lowest BCUT2D eigenvalue weighted by atomic mass is 10.0. The second kappa shape index (κ2) is 7.23. The number of non-ortho nitro benzene ring substituents is 1. The Kier molecular flexibility index (Phi) is 5.57. The van der Waals surface area contributed by atoms with E-state index in [2.05, 4.69) is 5.32 Å². The molecular formula is C13H14Cl2N2O5. The van der Waals surface area contributed by atoms with Crippen LogP contribution in [0.15, 0.2) is 24.3 Å². The minimum Gasteiger partial charge on any atom is -0.351 e. The fourth-order valence-corrected chi connectivity index (χ4v) is 2.25. The van der Waals surface area contributed by atoms with Crippen LogP contribution in [0, 0.1) is 10.1 Å². The number of hydrogen-bond acceptors (Lipinski definition) is 5. The molecule has 1 amide bonds. The van der Waals surface area contributed by atoms with Gasteiger partial charge in [-0.2, -0.15) is 0 Å². The number of nitro groups is 1. The highest BCUT2D eigenvalue weighted by Crippen LogP contribution is 2.29. The Hall–Kier alpha value is -1.41. The second-order valence-electron chi connectivity index (χ2n) is 4.72. The highest BCUT2D eigenvalue weighted by atomic mass is 35.5. The summed E-state index contributed by atoms with van der Waals surface area (Å²) in [6.45, 7) is 1.94. The van der Waals surface area contributed by atoms with Crippen LogP contribution in [0.5, 0.6) is 0 Å². The first-order valence-electron chi connectivity index (χ1n) is 6.48. The summed E-state index contributed by atoms with van der Waals surface area (Å²) in [4.78, 5) is 20.6. The number of alkyl halides is 2. The summed E-state index contributed by atoms with van der Waals surface area (Å²) in [7, 11) is 0. The highest BCUT2D eigenvalue weighted by molar-refractivity contribution is 6.53. The Morgan fingerprint density at radius 2 is 2.05 bits per heavy atom. The van der Waals surface area contributed by atoms with Crippen molar-refractivity contribution in [2.75, 3.05) is 6.61 Å². The molecule has 1 fully saturated rings. The van der Waals surface area contributed by atoms with Crippen molar-refractivity contribution in [3.05, 3.63) is 39.9 Å². The van der Waals surface area contributed by atoms with Gasteiger partial charge in [0, 0.05) is 12.1 Å². The van der Waals surface area contributed by atoms with E-state index in [0.717, 1.165) is 0 Å². The second-order valence-corrected chi connectivity index (χ2v) is 5.82. The van der Waals surface area contributed by atoms with Gasteiger partial charge in [-0.15, -0.1) is 0 Å². The van der Waals surface area contributed by atoms with Crippen molar-refractivity contribution in [1.82, 2.24) is 5.32 Å². The van der Waals surface area contributed by atoms with Crippen LogP contribution in [0.4, 0.5) is 5.69 Å². The summed E-state index contributed by atoms with van der Waals surface area (Å²) in [5.74, 6) is -0.554. The fraction of sp³-hybridized carbons (Fsp3) is 0.462. The van der Waals surface area contributed by atoms with Crippen LogP contribution in [0.25, 0.3) is 0 Å². The SMILES string of the molecule is CC1OCC(NC(=O)C(Cl)Cl)C(c2ccc([N+](=O)[O-])cc2)O1. The van der Waals surface area contributed by atoms with Crippen LogP contribution in [-0.2, 0) is 14.3 Å². The summed E-state index contributed by atoms with van der Waals surface area (Å²) in [5.41, 5.74) is 0.665. The van der Waals surface area contributed by atoms with Crippen molar-refractivity contribution in [3.8, 4) is 0 Å². The molecule has 0 bridgehead atoms. The fourth-order valence-electron chi connectivity index (χ4n) is 2.13. The van der Waals surface area contributed by atoms with E-state index in [1.165, 1.54) is 12.1 Å². The van der Waals surface area contributed by atoms with E-state index in [-0.39, 0.29) is 12.3 Å². The van der Waals surface area contributed by atoms with Gasteiger partial charge in [-0.3, -0.25) is 14.9 Å². The summed E-state index contributed by atoms with van der Waals surface area (Å²) in [6.07, 6.45) is -0.975. The van der Waals surface area contributed by atoms with Crippen LogP contribution in [0.1, 0.15) is 18.6 Å². The molecule has 1 aliphatic heterocycles. The molecule has 0 aromatic heterocycles. The molecule has 1 aromatic carbocycles. The maximum absolute atomic E-state index is 11.6. The molecule has 7 nitrogen and oxygen atoms in total. The Bertz CT molecular complexity index is 552. The molecule has 0 aliphatic carbocycles. The van der Waals surface area contributed by atoms with Gasteiger partial charge in [0.05, 0.1) is 17.6 Å². The van der Waals surface area contributed by atoms with Crippen LogP contribution >= 0.6 is 23.2 Å². The summed E-state index contributed by atoms with van der Waals surface area (Å²) < 4.78 is 11.0. The van der Waals surface area contributed by atoms with E-state index in [0.29, 0.717) is 5.56 Å². The minimum atomic E-state index is -1.20. The normalized spacial score (nSPS) is 25.0. The standard InChI is InChI=1S/C13H14Cl2N2O5/c1-7-21-6-10(16-13(18)12(14)15)11(22-7)8-2-4-9(5-3-8)17(19)20/h2-5,7,10-12H,6H2,1H3,(H,16,18). The number of halogens is 2. The molecule has 1 heterocycles. The first-order chi connectivity index (χ1) is 10.4. The van der Waals surface area contributed by atoms with Crippen molar-refractivity contribution >= 4 is 34.8 Å². The number of amides is 1. The molecule has 1 aromatic rings. The van der Waals surface area contributed by atoms with E-state index < -0.39 is 34.1 Å². The van der Waals surface area contributed by atoms with Gasteiger partial charge in [-0.05, 0) is 24.6 Å². The van der Waals surface area contributed by atoms with Crippen molar-refractivity contribution < 1.29 is 19.2 Å². The predicted molar refractivity (Wildman–Crippen MR) is 79.8 cm³/mol. The van der Waals surface area contributed by atoms with Crippen molar-refractivity contribution in [2.24, 2.45) is 0 Å². The van der Waals surface area contributed by atoms with Crippen molar-refractivity contribution in [1.29, 1.82) is 0 Å². The quantitative estimate of drug-likeness (QED) is 0.512. The smallest absolute Gasteiger partial charge is 0.269 e. The van der Waals surface area contributed by atoms with Gasteiger partial charge in [0.15, 0.2) is 11.1 Å². The molecule has 3 unspecified atom stereocenters. The topological polar surface area (TPSA) is 90.7 Å². The largest absolute Gasteiger partial charge is 0.351 e. The molecule has 3 atom stereocenters. The van der Waals surface area contributed by atoms with E-state index in [1.807, 2.05) is 0 Å². The zero-order valence-corrected chi connectivity index (χ0v) is 13.1. The zero-order valence-electron chi connectivity index (χ0n) is 11.6. The third-order valence-electron chi connectivity index (χ3n) is 3.17. The molecule has 120 valence electrons. The zero-order chi connectivity index (χ0) is 16.3. The molecule has 0 spiro atoms. The number of carbonyl (C=O) groups excluding carboxylic acids is 1. The minimum absolute atomic E-state index is 0.0222. The lowest BCUT2D eigenvalue weighted by molar-refractivity contribution is -0.384. The first-order valence-corrected chi connectivity index (χ1v) is 7.35. The molecule has 1 N–H and O–H groups in total. The lowest BCUT2D eigenvalue weighted by Crippen LogP contribution is -2.49. The number of nitro benzene ring substituents is 1. The predicted octanol–water partition coefficient (Wildman–Crippen LogP) is 2.32. The van der Waals surface area contributed by atoms with Gasteiger partial charge >= 0.3 is 0 Å². The van der Waals surface area contributed by atoms with Crippen LogP contribution in [0.2, 0.25) is 0 Å². The molecule has 1 aliphatic rings. The Labute approximate surface area is 136 Å². The number of nitrogens with zero attached hydrogens (tertiary/aromatic N) is 1. The maximum atomic E-state index is 11.6. The Balaban J connectivity index is 2.18. The van der Waals surface area contributed by atoms with E-state index in [4.69, 9.17) is 32.7 Å². The third kappa shape index (κ3) is 4.07. The van der Waals surface area contributed by atoms with Gasteiger partial charge in [0.1, 0.15) is 6.10 Å². The number of hydrogen-bond donors (Lipinski definition) is 1. The van der Waals surface area contributed by atoms with E-state index >= 15 is 0 Å². The maximum Gasteiger partial charge on any atom is 0.269 e. The van der Waals surface area contributed by atoms with Gasteiger partial charge in [0.25, 0.3) is 11.6 Å². The molecule has 2 rings (SSSR count). The molecule has 0 radical (unpaired) electrons. The van der Waals surface area contributed by atoms with Crippen molar-refractivity contribution in [3.63, 3.8) is 0 Å². The van der Waals surface area contributed by atoms with Gasteiger partial charge in [-0.1, -0.05) is 23.2 Å². The molecule has 1 saturated heterocycles. The number of nitrogens with one attached hydrogen (secondary N) is 1. The van der Waals surface area contributed by atoms with Crippen LogP contribution in [-0.4, -0.2) is 34.6 Å². The van der Waals surface area contributed by atoms with E-state index in [9.17, 15) is 14.9 Å². The summed E-state index contributed by atoms with van der Waals surface area (Å²) >= 11 is 11.0. The van der Waals surface area contributed by atoms with Gasteiger partial charge in [0.2, 0.25) is 0 Å². The molecule has 9 heteroatoms. The van der Waals surface area contributed by atoms with E-state index in [1.54, 1.807) is 19.1 Å². The first kappa shape index (κ1) is 17.0. The Morgan fingerprint density at radius 3 is 2.59 bits per heavy atom. The molecular weight excluding hydrogens is 335 g/mol. The van der Waals surface area contributed by atoms with Crippen molar-refractivity contribution in [2.45, 2.75) is 30.2 Å². The molecule has 0 saturated carbocycles. The number of benzene rings is 1. The highest BCUT2D eigenvalue weighted by Gasteiger charge is 2.33. The van der Waals surface area contributed by atoms with Gasteiger partial charge < -0.3 is 14.8 Å².